The van der Waals surface area contributed by atoms with E-state index in [0.717, 1.165) is 27.9 Å². The van der Waals surface area contributed by atoms with Gasteiger partial charge in [-0.3, -0.25) is 4.79 Å². The number of likely N-dealkylation sites (tertiary alicyclic amines) is 1. The van der Waals surface area contributed by atoms with E-state index < -0.39 is 11.6 Å². The monoisotopic (exact) mass is 619 g/mol. The van der Waals surface area contributed by atoms with Gasteiger partial charge in [-0.25, -0.2) is 4.79 Å². The molecule has 5 rings (SSSR count). The van der Waals surface area contributed by atoms with Crippen molar-refractivity contribution < 1.29 is 24.2 Å². The molecule has 8 nitrogen and oxygen atoms in total. The van der Waals surface area contributed by atoms with Gasteiger partial charge in [-0.15, -0.1) is 0 Å². The topological polar surface area (TPSA) is 82.6 Å². The number of hydrogen-bond acceptors (Lipinski definition) is 5. The summed E-state index contributed by atoms with van der Waals surface area (Å²) in [5, 5.41) is 12.3. The lowest BCUT2D eigenvalue weighted by Crippen LogP contribution is -2.47. The third kappa shape index (κ3) is 6.24. The molecule has 9 heteroatoms. The van der Waals surface area contributed by atoms with Crippen LogP contribution in [0.25, 0.3) is 0 Å². The summed E-state index contributed by atoms with van der Waals surface area (Å²) >= 11 is 6.25. The van der Waals surface area contributed by atoms with Gasteiger partial charge in [0.15, 0.2) is 11.5 Å². The molecular formula is C35H42ClN3O5. The van der Waals surface area contributed by atoms with Crippen LogP contribution >= 0.6 is 11.6 Å². The largest absolute Gasteiger partial charge is 0.493 e. The lowest BCUT2D eigenvalue weighted by atomic mass is 9.77. The predicted octanol–water partition coefficient (Wildman–Crippen LogP) is 6.42. The van der Waals surface area contributed by atoms with Crippen LogP contribution in [-0.2, 0) is 16.8 Å². The first kappa shape index (κ1) is 31.7. The van der Waals surface area contributed by atoms with Crippen molar-refractivity contribution in [3.05, 3.63) is 87.9 Å². The molecule has 0 aromatic heterocycles. The molecule has 3 aromatic carbocycles. The molecule has 1 N–H and O–H groups in total. The molecule has 2 heterocycles. The van der Waals surface area contributed by atoms with Crippen LogP contribution in [-0.4, -0.2) is 67.2 Å². The first-order valence-corrected chi connectivity index (χ1v) is 15.5. The smallest absolute Gasteiger partial charge is 0.319 e. The van der Waals surface area contributed by atoms with Crippen LogP contribution in [0.5, 0.6) is 11.5 Å². The number of benzene rings is 3. The number of methoxy groups -OCH3 is 1. The number of amides is 3. The van der Waals surface area contributed by atoms with E-state index in [1.807, 2.05) is 91.2 Å². The Balaban J connectivity index is 1.48. The molecule has 44 heavy (non-hydrogen) atoms. The van der Waals surface area contributed by atoms with E-state index in [9.17, 15) is 14.7 Å². The van der Waals surface area contributed by atoms with Gasteiger partial charge in [0.2, 0.25) is 5.91 Å². The van der Waals surface area contributed by atoms with Crippen molar-refractivity contribution in [3.8, 4) is 11.5 Å². The van der Waals surface area contributed by atoms with Crippen LogP contribution in [0.3, 0.4) is 0 Å². The highest BCUT2D eigenvalue weighted by Gasteiger charge is 2.39. The molecule has 234 valence electrons. The molecule has 3 aromatic rings. The molecular weight excluding hydrogens is 578 g/mol. The molecule has 0 spiro atoms. The number of rotatable bonds is 7. The van der Waals surface area contributed by atoms with Crippen molar-refractivity contribution in [1.29, 1.82) is 0 Å². The highest BCUT2D eigenvalue weighted by Crippen LogP contribution is 2.44. The number of hydrogen-bond donors (Lipinski definition) is 1. The van der Waals surface area contributed by atoms with Crippen LogP contribution in [0.2, 0.25) is 5.02 Å². The summed E-state index contributed by atoms with van der Waals surface area (Å²) in [6.45, 7) is 6.99. The summed E-state index contributed by atoms with van der Waals surface area (Å²) in [5.74, 6) is 1.17. The minimum absolute atomic E-state index is 0.000711. The van der Waals surface area contributed by atoms with Gasteiger partial charge in [-0.05, 0) is 98.2 Å². The summed E-state index contributed by atoms with van der Waals surface area (Å²) in [4.78, 5) is 31.5. The molecule has 0 bridgehead atoms. The highest BCUT2D eigenvalue weighted by atomic mass is 35.5. The zero-order valence-electron chi connectivity index (χ0n) is 26.3. The summed E-state index contributed by atoms with van der Waals surface area (Å²) in [6.07, 6.45) is 1.57. The highest BCUT2D eigenvalue weighted by molar-refractivity contribution is 6.30. The maximum atomic E-state index is 13.9. The SMILES string of the molecule is COc1cc2c(cc1OC(C)C)C(c1ccc(Cl)cc1)N(c1ccc(C(C)(O)C3CCN(C(=O)N(C)C)CC3)cc1)C(=O)C2. The Kier molecular flexibility index (Phi) is 9.14. The first-order valence-electron chi connectivity index (χ1n) is 15.1. The van der Waals surface area contributed by atoms with Crippen molar-refractivity contribution in [1.82, 2.24) is 9.80 Å². The number of fused-ring (bicyclic) bond motifs is 1. The van der Waals surface area contributed by atoms with E-state index in [1.54, 1.807) is 26.1 Å². The van der Waals surface area contributed by atoms with Gasteiger partial charge in [0.05, 0.1) is 31.3 Å². The molecule has 1 saturated heterocycles. The van der Waals surface area contributed by atoms with Crippen LogP contribution < -0.4 is 14.4 Å². The number of nitrogens with zero attached hydrogens (tertiary/aromatic N) is 3. The summed E-state index contributed by atoms with van der Waals surface area (Å²) in [7, 11) is 5.11. The van der Waals surface area contributed by atoms with E-state index in [-0.39, 0.29) is 30.4 Å². The first-order chi connectivity index (χ1) is 20.9. The van der Waals surface area contributed by atoms with Gasteiger partial charge < -0.3 is 29.3 Å². The second-order valence-corrected chi connectivity index (χ2v) is 12.8. The fourth-order valence-electron chi connectivity index (χ4n) is 6.44. The quantitative estimate of drug-likeness (QED) is 0.330. The number of carbonyl (C=O) groups excluding carboxylic acids is 2. The van der Waals surface area contributed by atoms with Gasteiger partial charge >= 0.3 is 6.03 Å². The third-order valence-electron chi connectivity index (χ3n) is 8.81. The average molecular weight is 620 g/mol. The number of piperidine rings is 1. The standard InChI is InChI=1S/C35H42ClN3O5/c1-22(2)44-31-21-29-24(19-30(31)43-6)20-32(40)39(33(29)23-7-11-27(36)12-8-23)28-13-9-25(10-14-28)35(3,42)26-15-17-38(18-16-26)34(41)37(4)5/h7-14,19,21-22,26,33,42H,15-18,20H2,1-6H3. The molecule has 1 fully saturated rings. The van der Waals surface area contributed by atoms with Gasteiger partial charge in [0.1, 0.15) is 0 Å². The van der Waals surface area contributed by atoms with Crippen molar-refractivity contribution in [3.63, 3.8) is 0 Å². The van der Waals surface area contributed by atoms with Crippen molar-refractivity contribution in [2.45, 2.75) is 57.8 Å². The molecule has 2 aliphatic heterocycles. The average Bonchev–Trinajstić information content (AvgIpc) is 3.00. The predicted molar refractivity (Wildman–Crippen MR) is 173 cm³/mol. The Morgan fingerprint density at radius 1 is 1.02 bits per heavy atom. The van der Waals surface area contributed by atoms with Gasteiger partial charge in [0, 0.05) is 37.9 Å². The van der Waals surface area contributed by atoms with Crippen LogP contribution in [0.4, 0.5) is 10.5 Å². The van der Waals surface area contributed by atoms with E-state index in [0.29, 0.717) is 42.5 Å². The minimum Gasteiger partial charge on any atom is -0.493 e. The number of aliphatic hydroxyl groups is 1. The van der Waals surface area contributed by atoms with Crippen molar-refractivity contribution >= 4 is 29.2 Å². The number of ether oxygens (including phenoxy) is 2. The second kappa shape index (κ2) is 12.7. The van der Waals surface area contributed by atoms with E-state index in [1.165, 1.54) is 0 Å². The Morgan fingerprint density at radius 3 is 2.23 bits per heavy atom. The summed E-state index contributed by atoms with van der Waals surface area (Å²) in [6, 6.07) is 18.7. The van der Waals surface area contributed by atoms with Crippen LogP contribution in [0.15, 0.2) is 60.7 Å². The molecule has 3 amide bonds. The lowest BCUT2D eigenvalue weighted by molar-refractivity contribution is -0.118. The van der Waals surface area contributed by atoms with Crippen LogP contribution in [0, 0.1) is 5.92 Å². The third-order valence-corrected chi connectivity index (χ3v) is 9.06. The van der Waals surface area contributed by atoms with Crippen molar-refractivity contribution in [2.75, 3.05) is 39.2 Å². The fraction of sp³-hybridized carbons (Fsp3) is 0.429. The Hall–Kier alpha value is -3.75. The van der Waals surface area contributed by atoms with Gasteiger partial charge in [-0.2, -0.15) is 0 Å². The van der Waals surface area contributed by atoms with Crippen LogP contribution in [0.1, 0.15) is 61.9 Å². The zero-order chi connectivity index (χ0) is 31.8. The Morgan fingerprint density at radius 2 is 1.66 bits per heavy atom. The maximum absolute atomic E-state index is 13.9. The lowest BCUT2D eigenvalue weighted by Gasteiger charge is -2.41. The normalized spacial score (nSPS) is 18.6. The zero-order valence-corrected chi connectivity index (χ0v) is 27.1. The Bertz CT molecular complexity index is 1500. The molecule has 2 unspecified atom stereocenters. The second-order valence-electron chi connectivity index (χ2n) is 12.4. The summed E-state index contributed by atoms with van der Waals surface area (Å²) < 4.78 is 11.7. The Labute approximate surface area is 265 Å². The van der Waals surface area contributed by atoms with E-state index in [4.69, 9.17) is 21.1 Å². The number of halogens is 1. The molecule has 0 saturated carbocycles. The minimum atomic E-state index is -1.08. The van der Waals surface area contributed by atoms with Gasteiger partial charge in [-0.1, -0.05) is 35.9 Å². The maximum Gasteiger partial charge on any atom is 0.319 e. The van der Waals surface area contributed by atoms with Crippen molar-refractivity contribution in [2.24, 2.45) is 5.92 Å². The van der Waals surface area contributed by atoms with E-state index >= 15 is 0 Å². The molecule has 0 aliphatic carbocycles. The molecule has 2 atom stereocenters. The number of carbonyl (C=O) groups is 2. The summed E-state index contributed by atoms with van der Waals surface area (Å²) in [5.41, 5.74) is 3.19. The fourth-order valence-corrected chi connectivity index (χ4v) is 6.57. The molecule has 2 aliphatic rings. The van der Waals surface area contributed by atoms with Gasteiger partial charge in [0.25, 0.3) is 0 Å². The number of anilines is 1. The number of urea groups is 1. The molecule has 0 radical (unpaired) electrons. The van der Waals surface area contributed by atoms with E-state index in [2.05, 4.69) is 0 Å².